The molecule has 156 valence electrons. The van der Waals surface area contributed by atoms with Gasteiger partial charge in [-0.15, -0.1) is 11.3 Å². The minimum atomic E-state index is -1.14. The third-order valence-corrected chi connectivity index (χ3v) is 5.76. The van der Waals surface area contributed by atoms with E-state index in [2.05, 4.69) is 10.3 Å². The minimum Gasteiger partial charge on any atom is -0.493 e. The number of benzene rings is 1. The highest BCUT2D eigenvalue weighted by molar-refractivity contribution is 8.26. The van der Waals surface area contributed by atoms with Gasteiger partial charge in [0.1, 0.15) is 10.9 Å². The number of carboxylic acids is 1. The number of thioether (sulfide) groups is 1. The van der Waals surface area contributed by atoms with Crippen LogP contribution in [0.2, 0.25) is 0 Å². The van der Waals surface area contributed by atoms with E-state index >= 15 is 0 Å². The number of aliphatic carboxylic acids is 1. The van der Waals surface area contributed by atoms with Gasteiger partial charge in [-0.25, -0.2) is 4.98 Å². The van der Waals surface area contributed by atoms with Gasteiger partial charge in [0.25, 0.3) is 11.8 Å². The number of hydrogen-bond acceptors (Lipinski definition) is 9. The normalized spacial score (nSPS) is 14.8. The zero-order valence-corrected chi connectivity index (χ0v) is 17.9. The van der Waals surface area contributed by atoms with Crippen LogP contribution >= 0.6 is 35.3 Å². The van der Waals surface area contributed by atoms with Crippen LogP contribution in [-0.4, -0.2) is 57.4 Å². The van der Waals surface area contributed by atoms with Crippen LogP contribution in [0.25, 0.3) is 6.08 Å². The second kappa shape index (κ2) is 9.69. The third kappa shape index (κ3) is 5.34. The average Bonchev–Trinajstić information content (AvgIpc) is 3.30. The van der Waals surface area contributed by atoms with Crippen LogP contribution in [0.3, 0.4) is 0 Å². The Kier molecular flexibility index (Phi) is 7.03. The highest BCUT2D eigenvalue weighted by atomic mass is 32.2. The third-order valence-electron chi connectivity index (χ3n) is 3.69. The summed E-state index contributed by atoms with van der Waals surface area (Å²) < 4.78 is 11.0. The molecule has 1 saturated heterocycles. The van der Waals surface area contributed by atoms with Crippen molar-refractivity contribution >= 4 is 68.6 Å². The van der Waals surface area contributed by atoms with Gasteiger partial charge >= 0.3 is 5.97 Å². The van der Waals surface area contributed by atoms with Crippen molar-refractivity contribution in [2.45, 2.75) is 0 Å². The molecule has 2 heterocycles. The molecule has 12 heteroatoms. The highest BCUT2D eigenvalue weighted by Gasteiger charge is 2.33. The van der Waals surface area contributed by atoms with Gasteiger partial charge in [0.2, 0.25) is 0 Å². The Bertz CT molecular complexity index is 1020. The van der Waals surface area contributed by atoms with Crippen molar-refractivity contribution in [3.8, 4) is 11.5 Å². The molecule has 1 aromatic carbocycles. The number of thiocarbonyl (C=S) groups is 1. The van der Waals surface area contributed by atoms with E-state index in [4.69, 9.17) is 26.8 Å². The van der Waals surface area contributed by atoms with Gasteiger partial charge in [-0.3, -0.25) is 24.6 Å². The van der Waals surface area contributed by atoms with E-state index in [9.17, 15) is 14.4 Å². The van der Waals surface area contributed by atoms with Crippen molar-refractivity contribution in [3.63, 3.8) is 0 Å². The summed E-state index contributed by atoms with van der Waals surface area (Å²) in [7, 11) is 1.45. The number of ether oxygens (including phenoxy) is 2. The van der Waals surface area contributed by atoms with Gasteiger partial charge in [0.15, 0.2) is 23.2 Å². The summed E-state index contributed by atoms with van der Waals surface area (Å²) in [6, 6.07) is 4.93. The van der Waals surface area contributed by atoms with Crippen LogP contribution in [0.4, 0.5) is 5.13 Å². The average molecular weight is 466 g/mol. The van der Waals surface area contributed by atoms with Gasteiger partial charge in [-0.05, 0) is 23.8 Å². The van der Waals surface area contributed by atoms with Gasteiger partial charge in [0, 0.05) is 11.6 Å². The topological polar surface area (TPSA) is 118 Å². The van der Waals surface area contributed by atoms with Gasteiger partial charge in [0.05, 0.1) is 12.0 Å². The lowest BCUT2D eigenvalue weighted by Gasteiger charge is -2.11. The van der Waals surface area contributed by atoms with E-state index < -0.39 is 18.4 Å². The Labute approximate surface area is 184 Å². The molecular formula is C18H15N3O6S3. The number of carbonyl (C=O) groups excluding carboxylic acids is 2. The van der Waals surface area contributed by atoms with E-state index in [1.807, 2.05) is 0 Å². The van der Waals surface area contributed by atoms with Crippen LogP contribution in [0, 0.1) is 0 Å². The second-order valence-corrected chi connectivity index (χ2v) is 8.32. The number of carbonyl (C=O) groups is 3. The molecule has 0 atom stereocenters. The number of rotatable bonds is 8. The first kappa shape index (κ1) is 21.7. The standard InChI is InChI=1S/C18H15N3O6S3/c1-26-12-6-10(7-13-16(25)21(8-15(23)24)18(28)30-13)2-3-11(12)27-9-14(22)20-17-19-4-5-29-17/h2-7H,8-9H2,1H3,(H,23,24)(H,19,20,22)/b13-7-. The monoisotopic (exact) mass is 465 g/mol. The van der Waals surface area contributed by atoms with Crippen molar-refractivity contribution in [2.24, 2.45) is 0 Å². The predicted molar refractivity (Wildman–Crippen MR) is 117 cm³/mol. The van der Waals surface area contributed by atoms with E-state index in [0.717, 1.165) is 16.7 Å². The molecule has 0 aliphatic carbocycles. The Morgan fingerprint density at radius 1 is 1.37 bits per heavy atom. The Morgan fingerprint density at radius 2 is 2.17 bits per heavy atom. The summed E-state index contributed by atoms with van der Waals surface area (Å²) in [6.45, 7) is -0.718. The van der Waals surface area contributed by atoms with Crippen LogP contribution in [0.5, 0.6) is 11.5 Å². The maximum Gasteiger partial charge on any atom is 0.323 e. The van der Waals surface area contributed by atoms with Crippen LogP contribution in [0.15, 0.2) is 34.7 Å². The summed E-state index contributed by atoms with van der Waals surface area (Å²) in [4.78, 5) is 40.5. The zero-order valence-electron chi connectivity index (χ0n) is 15.5. The quantitative estimate of drug-likeness (QED) is 0.448. The minimum absolute atomic E-state index is 0.187. The zero-order chi connectivity index (χ0) is 21.7. The summed E-state index contributed by atoms with van der Waals surface area (Å²) in [5.74, 6) is -1.26. The number of carboxylic acid groups (broad SMARTS) is 1. The van der Waals surface area contributed by atoms with Crippen molar-refractivity contribution in [1.82, 2.24) is 9.88 Å². The summed E-state index contributed by atoms with van der Waals surface area (Å²) >= 11 is 7.40. The number of amides is 2. The fraction of sp³-hybridized carbons (Fsp3) is 0.167. The molecule has 1 aliphatic heterocycles. The Balaban J connectivity index is 1.69. The Hall–Kier alpha value is -2.96. The lowest BCUT2D eigenvalue weighted by molar-refractivity contribution is -0.140. The highest BCUT2D eigenvalue weighted by Crippen LogP contribution is 2.34. The second-order valence-electron chi connectivity index (χ2n) is 5.75. The van der Waals surface area contributed by atoms with E-state index in [1.54, 1.807) is 35.9 Å². The lowest BCUT2D eigenvalue weighted by atomic mass is 10.2. The largest absolute Gasteiger partial charge is 0.493 e. The molecule has 2 amide bonds. The van der Waals surface area contributed by atoms with Crippen molar-refractivity contribution < 1.29 is 29.0 Å². The van der Waals surface area contributed by atoms with E-state index in [0.29, 0.717) is 27.1 Å². The number of aromatic nitrogens is 1. The van der Waals surface area contributed by atoms with Gasteiger partial charge in [-0.2, -0.15) is 0 Å². The molecule has 0 radical (unpaired) electrons. The molecule has 2 N–H and O–H groups in total. The first-order chi connectivity index (χ1) is 14.4. The van der Waals surface area contributed by atoms with Gasteiger partial charge in [-0.1, -0.05) is 30.0 Å². The molecule has 0 saturated carbocycles. The fourth-order valence-corrected chi connectivity index (χ4v) is 4.20. The van der Waals surface area contributed by atoms with E-state index in [-0.39, 0.29) is 16.8 Å². The number of nitrogens with zero attached hydrogens (tertiary/aromatic N) is 2. The predicted octanol–water partition coefficient (Wildman–Crippen LogP) is 2.46. The summed E-state index contributed by atoms with van der Waals surface area (Å²) in [6.07, 6.45) is 3.17. The Morgan fingerprint density at radius 3 is 2.83 bits per heavy atom. The summed E-state index contributed by atoms with van der Waals surface area (Å²) in [5, 5.41) is 13.7. The summed E-state index contributed by atoms with van der Waals surface area (Å²) in [5.41, 5.74) is 0.627. The maximum atomic E-state index is 12.4. The van der Waals surface area contributed by atoms with Crippen LogP contribution in [-0.2, 0) is 14.4 Å². The number of anilines is 1. The van der Waals surface area contributed by atoms with Crippen molar-refractivity contribution in [2.75, 3.05) is 25.6 Å². The van der Waals surface area contributed by atoms with Crippen molar-refractivity contribution in [3.05, 3.63) is 40.2 Å². The molecule has 1 fully saturated rings. The number of thiazole rings is 1. The van der Waals surface area contributed by atoms with Crippen LogP contribution < -0.4 is 14.8 Å². The number of nitrogens with one attached hydrogen (secondary N) is 1. The molecule has 0 spiro atoms. The molecular weight excluding hydrogens is 450 g/mol. The van der Waals surface area contributed by atoms with Gasteiger partial charge < -0.3 is 14.6 Å². The molecule has 0 unspecified atom stereocenters. The fourth-order valence-electron chi connectivity index (χ4n) is 2.40. The van der Waals surface area contributed by atoms with Crippen LogP contribution in [0.1, 0.15) is 5.56 Å². The smallest absolute Gasteiger partial charge is 0.323 e. The van der Waals surface area contributed by atoms with Crippen molar-refractivity contribution in [1.29, 1.82) is 0 Å². The maximum absolute atomic E-state index is 12.4. The molecule has 9 nitrogen and oxygen atoms in total. The number of methoxy groups -OCH3 is 1. The molecule has 30 heavy (non-hydrogen) atoms. The first-order valence-corrected chi connectivity index (χ1v) is 10.4. The van der Waals surface area contributed by atoms with E-state index in [1.165, 1.54) is 18.4 Å². The molecule has 0 bridgehead atoms. The molecule has 1 aliphatic rings. The first-order valence-electron chi connectivity index (χ1n) is 8.34. The SMILES string of the molecule is COc1cc(/C=C2\SC(=S)N(CC(=O)O)C2=O)ccc1OCC(=O)Nc1nccs1. The molecule has 3 rings (SSSR count). The molecule has 2 aromatic rings. The number of hydrogen-bond donors (Lipinski definition) is 2. The molecule has 1 aromatic heterocycles. The lowest BCUT2D eigenvalue weighted by Crippen LogP contribution is -2.33.